The van der Waals surface area contributed by atoms with Crippen LogP contribution >= 0.6 is 0 Å². The first kappa shape index (κ1) is 23.5. The number of nitrogens with one attached hydrogen (secondary N) is 1. The normalized spacial score (nSPS) is 14.7. The van der Waals surface area contributed by atoms with Gasteiger partial charge in [0.2, 0.25) is 5.91 Å². The summed E-state index contributed by atoms with van der Waals surface area (Å²) >= 11 is 0. The smallest absolute Gasteiger partial charge is 0.236 e. The summed E-state index contributed by atoms with van der Waals surface area (Å²) in [6.07, 6.45) is 23.2. The van der Waals surface area contributed by atoms with E-state index in [9.17, 15) is 4.79 Å². The molecule has 0 aromatic rings. The molecule has 0 aliphatic carbocycles. The molecule has 1 aliphatic rings. The van der Waals surface area contributed by atoms with Crippen LogP contribution in [0.3, 0.4) is 0 Å². The van der Waals surface area contributed by atoms with Gasteiger partial charge in [-0.05, 0) is 32.2 Å². The lowest BCUT2D eigenvalue weighted by Crippen LogP contribution is -2.41. The highest BCUT2D eigenvalue weighted by Gasteiger charge is 2.15. The summed E-state index contributed by atoms with van der Waals surface area (Å²) in [6.45, 7) is 5.77. The molecule has 0 spiro atoms. The Bertz CT molecular complexity index is 313. The molecule has 0 aromatic carbocycles. The van der Waals surface area contributed by atoms with Crippen LogP contribution in [0.5, 0.6) is 0 Å². The Labute approximate surface area is 163 Å². The quantitative estimate of drug-likeness (QED) is 0.317. The molecule has 0 atom stereocenters. The predicted molar refractivity (Wildman–Crippen MR) is 114 cm³/mol. The van der Waals surface area contributed by atoms with E-state index in [4.69, 9.17) is 0 Å². The van der Waals surface area contributed by atoms with Crippen LogP contribution < -0.4 is 5.32 Å². The molecule has 3 nitrogen and oxygen atoms in total. The van der Waals surface area contributed by atoms with E-state index in [0.717, 1.165) is 19.6 Å². The van der Waals surface area contributed by atoms with Crippen molar-refractivity contribution in [3.8, 4) is 0 Å². The molecule has 1 aliphatic heterocycles. The molecule has 0 radical (unpaired) electrons. The van der Waals surface area contributed by atoms with Gasteiger partial charge < -0.3 is 10.2 Å². The number of hydrogen-bond acceptors (Lipinski definition) is 2. The number of hydrogen-bond donors (Lipinski definition) is 1. The molecule has 0 aromatic heterocycles. The molecule has 1 fully saturated rings. The fourth-order valence-electron chi connectivity index (χ4n) is 3.89. The van der Waals surface area contributed by atoms with Gasteiger partial charge in [-0.25, -0.2) is 0 Å². The number of unbranched alkanes of at least 4 members (excludes halogenated alkanes) is 13. The Morgan fingerprint density at radius 2 is 1.15 bits per heavy atom. The van der Waals surface area contributed by atoms with Crippen LogP contribution in [-0.2, 0) is 4.79 Å². The first-order chi connectivity index (χ1) is 12.8. The van der Waals surface area contributed by atoms with Gasteiger partial charge in [0, 0.05) is 13.1 Å². The van der Waals surface area contributed by atoms with E-state index in [2.05, 4.69) is 12.2 Å². The van der Waals surface area contributed by atoms with Crippen molar-refractivity contribution in [2.24, 2.45) is 0 Å². The van der Waals surface area contributed by atoms with E-state index in [1.54, 1.807) is 0 Å². The zero-order valence-corrected chi connectivity index (χ0v) is 17.7. The highest BCUT2D eigenvalue weighted by atomic mass is 16.2. The van der Waals surface area contributed by atoms with Crippen LogP contribution in [0, 0.1) is 0 Å². The van der Waals surface area contributed by atoms with E-state index >= 15 is 0 Å². The maximum Gasteiger partial charge on any atom is 0.236 e. The van der Waals surface area contributed by atoms with Gasteiger partial charge in [0.05, 0.1) is 6.54 Å². The lowest BCUT2D eigenvalue weighted by molar-refractivity contribution is -0.131. The molecule has 0 unspecified atom stereocenters. The maximum absolute atomic E-state index is 12.0. The van der Waals surface area contributed by atoms with Crippen molar-refractivity contribution in [3.63, 3.8) is 0 Å². The van der Waals surface area contributed by atoms with Crippen LogP contribution in [0.2, 0.25) is 0 Å². The summed E-state index contributed by atoms with van der Waals surface area (Å²) in [5, 5.41) is 3.33. The summed E-state index contributed by atoms with van der Waals surface area (Å²) in [4.78, 5) is 14.0. The highest BCUT2D eigenvalue weighted by molar-refractivity contribution is 5.78. The lowest BCUT2D eigenvalue weighted by atomic mass is 10.0. The third-order valence-corrected chi connectivity index (χ3v) is 5.69. The minimum absolute atomic E-state index is 0.301. The number of carbonyl (C=O) groups is 1. The summed E-state index contributed by atoms with van der Waals surface area (Å²) in [5.41, 5.74) is 0. The Hall–Kier alpha value is -0.570. The fourth-order valence-corrected chi connectivity index (χ4v) is 3.89. The first-order valence-corrected chi connectivity index (χ1v) is 11.8. The van der Waals surface area contributed by atoms with Gasteiger partial charge in [-0.2, -0.15) is 0 Å². The molecule has 1 rings (SSSR count). The molecule has 0 bridgehead atoms. The number of piperidine rings is 1. The van der Waals surface area contributed by atoms with E-state index < -0.39 is 0 Å². The van der Waals surface area contributed by atoms with Crippen molar-refractivity contribution in [2.45, 2.75) is 116 Å². The predicted octanol–water partition coefficient (Wildman–Crippen LogP) is 6.07. The number of likely N-dealkylation sites (tertiary alicyclic amines) is 1. The van der Waals surface area contributed by atoms with E-state index in [-0.39, 0.29) is 0 Å². The average molecular weight is 367 g/mol. The van der Waals surface area contributed by atoms with E-state index in [1.165, 1.54) is 109 Å². The Morgan fingerprint density at radius 1 is 0.692 bits per heavy atom. The molecule has 1 N–H and O–H groups in total. The van der Waals surface area contributed by atoms with E-state index in [0.29, 0.717) is 12.5 Å². The van der Waals surface area contributed by atoms with Gasteiger partial charge in [-0.1, -0.05) is 90.4 Å². The Kier molecular flexibility index (Phi) is 16.1. The lowest BCUT2D eigenvalue weighted by Gasteiger charge is -2.26. The third kappa shape index (κ3) is 13.6. The molecule has 0 saturated carbocycles. The molecule has 3 heteroatoms. The summed E-state index contributed by atoms with van der Waals surface area (Å²) in [7, 11) is 0. The van der Waals surface area contributed by atoms with Gasteiger partial charge in [-0.15, -0.1) is 0 Å². The second-order valence-corrected chi connectivity index (χ2v) is 8.21. The van der Waals surface area contributed by atoms with E-state index in [1.807, 2.05) is 4.90 Å². The number of nitrogens with zero attached hydrogens (tertiary/aromatic N) is 1. The van der Waals surface area contributed by atoms with Gasteiger partial charge >= 0.3 is 0 Å². The highest BCUT2D eigenvalue weighted by Crippen LogP contribution is 2.13. The van der Waals surface area contributed by atoms with Crippen LogP contribution in [0.15, 0.2) is 0 Å². The average Bonchev–Trinajstić information content (AvgIpc) is 2.68. The second-order valence-electron chi connectivity index (χ2n) is 8.21. The Balaban J connectivity index is 1.72. The topological polar surface area (TPSA) is 32.3 Å². The van der Waals surface area contributed by atoms with Gasteiger partial charge in [-0.3, -0.25) is 4.79 Å². The summed E-state index contributed by atoms with van der Waals surface area (Å²) < 4.78 is 0. The van der Waals surface area contributed by atoms with Crippen LogP contribution in [0.4, 0.5) is 0 Å². The van der Waals surface area contributed by atoms with Gasteiger partial charge in [0.15, 0.2) is 0 Å². The molecular weight excluding hydrogens is 320 g/mol. The zero-order chi connectivity index (χ0) is 18.7. The molecular formula is C23H46N2O. The molecule has 1 heterocycles. The summed E-state index contributed by atoms with van der Waals surface area (Å²) in [5.74, 6) is 0.301. The largest absolute Gasteiger partial charge is 0.342 e. The van der Waals surface area contributed by atoms with Crippen molar-refractivity contribution in [1.82, 2.24) is 10.2 Å². The number of carbonyl (C=O) groups excluding carboxylic acids is 1. The van der Waals surface area contributed by atoms with Gasteiger partial charge in [0.25, 0.3) is 0 Å². The maximum atomic E-state index is 12.0. The molecule has 26 heavy (non-hydrogen) atoms. The van der Waals surface area contributed by atoms with Crippen LogP contribution in [-0.4, -0.2) is 37.0 Å². The van der Waals surface area contributed by atoms with Crippen molar-refractivity contribution >= 4 is 5.91 Å². The SMILES string of the molecule is CCCCCCCCCCCCCCCCNCC(=O)N1CCCCC1. The van der Waals surface area contributed by atoms with Crippen molar-refractivity contribution < 1.29 is 4.79 Å². The third-order valence-electron chi connectivity index (χ3n) is 5.69. The zero-order valence-electron chi connectivity index (χ0n) is 17.7. The van der Waals surface area contributed by atoms with Crippen molar-refractivity contribution in [2.75, 3.05) is 26.2 Å². The monoisotopic (exact) mass is 366 g/mol. The van der Waals surface area contributed by atoms with Crippen LogP contribution in [0.25, 0.3) is 0 Å². The molecule has 1 amide bonds. The number of rotatable bonds is 17. The minimum Gasteiger partial charge on any atom is -0.342 e. The Morgan fingerprint density at radius 3 is 1.65 bits per heavy atom. The fraction of sp³-hybridized carbons (Fsp3) is 0.957. The molecule has 154 valence electrons. The standard InChI is InChI=1S/C23H46N2O/c1-2-3-4-5-6-7-8-9-10-11-12-13-14-16-19-24-22-23(26)25-20-17-15-18-21-25/h24H,2-22H2,1H3. The summed E-state index contributed by atoms with van der Waals surface area (Å²) in [6, 6.07) is 0. The number of amides is 1. The van der Waals surface area contributed by atoms with Crippen LogP contribution in [0.1, 0.15) is 116 Å². The second kappa shape index (κ2) is 17.8. The van der Waals surface area contributed by atoms with Crippen molar-refractivity contribution in [3.05, 3.63) is 0 Å². The first-order valence-electron chi connectivity index (χ1n) is 11.8. The minimum atomic E-state index is 0.301. The van der Waals surface area contributed by atoms with Gasteiger partial charge in [0.1, 0.15) is 0 Å². The van der Waals surface area contributed by atoms with Crippen molar-refractivity contribution in [1.29, 1.82) is 0 Å². The molecule has 1 saturated heterocycles.